The third-order valence-electron chi connectivity index (χ3n) is 15.3. The number of Topliss-reactive ketones (excluding diaryl/α,β-unsaturated/α-hetero) is 2. The number of carbonyl (C=O) groups excluding carboxylic acids is 2. The topological polar surface area (TPSA) is 61.8 Å². The van der Waals surface area contributed by atoms with E-state index < -0.39 is 50.2 Å². The Kier molecular flexibility index (Phi) is 29.1. The van der Waals surface area contributed by atoms with Gasteiger partial charge in [0.1, 0.15) is 0 Å². The Labute approximate surface area is 444 Å². The second kappa shape index (κ2) is 32.8. The van der Waals surface area contributed by atoms with Crippen molar-refractivity contribution in [2.45, 2.75) is 208 Å². The van der Waals surface area contributed by atoms with Crippen LogP contribution in [-0.2, 0) is 21.2 Å². The molecule has 0 N–H and O–H groups in total. The molecule has 74 heavy (non-hydrogen) atoms. The van der Waals surface area contributed by atoms with Crippen molar-refractivity contribution >= 4 is 32.5 Å². The van der Waals surface area contributed by atoms with Gasteiger partial charge < -0.3 is 0 Å². The molecule has 0 atom stereocenters. The van der Waals surface area contributed by atoms with Crippen LogP contribution in [0.15, 0.2) is 78.9 Å². The van der Waals surface area contributed by atoms with Gasteiger partial charge in [0.2, 0.25) is 0 Å². The molecule has 0 aliphatic heterocycles. The zero-order chi connectivity index (χ0) is 54.5. The van der Waals surface area contributed by atoms with Gasteiger partial charge in [-0.1, -0.05) is 0 Å². The van der Waals surface area contributed by atoms with E-state index in [0.29, 0.717) is 98.8 Å². The van der Waals surface area contributed by atoms with E-state index in [1.54, 1.807) is 24.3 Å². The van der Waals surface area contributed by atoms with Gasteiger partial charge in [-0.15, -0.1) is 0 Å². The Morgan fingerprint density at radius 3 is 0.919 bits per heavy atom. The van der Waals surface area contributed by atoms with E-state index in [1.807, 2.05) is 36.4 Å². The summed E-state index contributed by atoms with van der Waals surface area (Å²) in [4.78, 5) is 30.5. The van der Waals surface area contributed by atoms with Crippen LogP contribution in [-0.4, -0.2) is 68.2 Å². The van der Waals surface area contributed by atoms with Crippen molar-refractivity contribution in [3.05, 3.63) is 101 Å². The minimum atomic E-state index is -5.14. The fraction of sp³-hybridized carbons (Fsp3) is 0.667. The van der Waals surface area contributed by atoms with E-state index in [-0.39, 0.29) is 30.0 Å². The molecule has 0 aliphatic carbocycles. The second-order valence-electron chi connectivity index (χ2n) is 21.7. The number of unbranched alkanes of at least 4 members (excludes halogenated alkanes) is 18. The molecule has 5 nitrogen and oxygen atoms in total. The van der Waals surface area contributed by atoms with Gasteiger partial charge >= 0.3 is 446 Å². The number of ketones is 2. The predicted octanol–water partition coefficient (Wildman–Crippen LogP) is 20.3. The molecule has 0 radical (unpaired) electrons. The second-order valence-corrected chi connectivity index (χ2v) is 32.8. The minimum absolute atomic E-state index is 0.0298. The summed E-state index contributed by atoms with van der Waals surface area (Å²) in [6, 6.07) is 19.6. The Hall–Kier alpha value is -2.78. The van der Waals surface area contributed by atoms with E-state index in [0.717, 1.165) is 116 Å². The molecular weight excluding hydrogens is 987 g/mol. The molecule has 0 aliphatic rings. The monoisotopic (exact) mass is 1080 g/mol. The van der Waals surface area contributed by atoms with E-state index in [2.05, 4.69) is 41.5 Å². The van der Waals surface area contributed by atoms with Crippen LogP contribution in [0.2, 0.25) is 0 Å². The molecular formula is C60H95BF6O5P2. The average Bonchev–Trinajstić information content (AvgIpc) is 3.37. The van der Waals surface area contributed by atoms with E-state index in [4.69, 9.17) is 13.5 Å². The SMILES string of the molecule is CCCCCCP(CCCCCC)(CCCCCC)(CC(=O)c1ccccc1)OB(Oc1cc(C(F)(F)F)cc(C(F)(F)F)c1)OP(CCCCCC)(CCCCCC)(CCCCCC)CC(=O)c1ccccc1. The number of carbonyl (C=O) groups is 2. The molecule has 14 heteroatoms. The summed E-state index contributed by atoms with van der Waals surface area (Å²) >= 11 is 0. The van der Waals surface area contributed by atoms with Gasteiger partial charge in [0.15, 0.2) is 0 Å². The zero-order valence-electron chi connectivity index (χ0n) is 46.4. The molecule has 0 saturated carbocycles. The summed E-state index contributed by atoms with van der Waals surface area (Å²) in [6.07, 6.45) is 13.7. The van der Waals surface area contributed by atoms with Crippen LogP contribution in [0.25, 0.3) is 0 Å². The molecule has 3 aromatic rings. The Bertz CT molecular complexity index is 1830. The first-order valence-corrected chi connectivity index (χ1v) is 34.6. The molecule has 420 valence electrons. The van der Waals surface area contributed by atoms with Crippen molar-refractivity contribution < 1.29 is 49.5 Å². The summed E-state index contributed by atoms with van der Waals surface area (Å²) in [5.41, 5.74) is -1.98. The van der Waals surface area contributed by atoms with Gasteiger partial charge in [-0.2, -0.15) is 0 Å². The van der Waals surface area contributed by atoms with Crippen LogP contribution in [0.4, 0.5) is 26.3 Å². The molecule has 0 amide bonds. The van der Waals surface area contributed by atoms with Gasteiger partial charge in [0, 0.05) is 0 Å². The molecule has 0 unspecified atom stereocenters. The van der Waals surface area contributed by atoms with Crippen LogP contribution in [0.3, 0.4) is 0 Å². The molecule has 0 spiro atoms. The number of hydrogen-bond acceptors (Lipinski definition) is 5. The van der Waals surface area contributed by atoms with Crippen molar-refractivity contribution in [1.82, 2.24) is 0 Å². The quantitative estimate of drug-likeness (QED) is 0.0186. The maximum absolute atomic E-state index is 15.2. The maximum atomic E-state index is 15.2. The summed E-state index contributed by atoms with van der Waals surface area (Å²) in [5, 5.41) is 0. The number of halogens is 6. The van der Waals surface area contributed by atoms with Crippen LogP contribution in [0.1, 0.15) is 227 Å². The average molecular weight is 1080 g/mol. The number of hydrogen-bond donors (Lipinski definition) is 0. The third kappa shape index (κ3) is 21.9. The third-order valence-corrected chi connectivity index (χ3v) is 27.7. The fourth-order valence-corrected chi connectivity index (χ4v) is 23.2. The molecule has 0 bridgehead atoms. The van der Waals surface area contributed by atoms with Crippen LogP contribution in [0, 0.1) is 0 Å². The first-order chi connectivity index (χ1) is 35.3. The van der Waals surface area contributed by atoms with Crippen LogP contribution >= 0.6 is 13.7 Å². The molecule has 0 saturated heterocycles. The Balaban J connectivity index is 2.66. The van der Waals surface area contributed by atoms with Crippen LogP contribution < -0.4 is 4.65 Å². The van der Waals surface area contributed by atoms with Crippen molar-refractivity contribution in [1.29, 1.82) is 0 Å². The van der Waals surface area contributed by atoms with Crippen molar-refractivity contribution in [3.8, 4) is 5.75 Å². The summed E-state index contributed by atoms with van der Waals surface area (Å²) in [6.45, 7) is 4.65. The standard InChI is InChI=1S/C60H95BF6O5P2/c1-7-13-19-31-41-73(42-32-20-14-8-2,43-33-21-15-9-3,50-57(68)52-37-27-25-28-38-52)71-61(70-56-48-54(59(62,63)64)47-55(49-56)60(65,66)67)72-74(44-34-22-16-10-4,45-35-23-17-11-5,46-36-24-18-12-6)51-58(69)53-39-29-26-30-40-53/h25-30,37-40,47-49H,7-24,31-36,41-46,50-51H2,1-6H3. The first-order valence-electron chi connectivity index (χ1n) is 28.9. The predicted molar refractivity (Wildman–Crippen MR) is 304 cm³/mol. The van der Waals surface area contributed by atoms with Crippen molar-refractivity contribution in [2.24, 2.45) is 0 Å². The molecule has 0 aromatic heterocycles. The number of alkyl halides is 6. The van der Waals surface area contributed by atoms with Crippen molar-refractivity contribution in [2.75, 3.05) is 49.3 Å². The molecule has 0 fully saturated rings. The Morgan fingerprint density at radius 2 is 0.676 bits per heavy atom. The fourth-order valence-electron chi connectivity index (χ4n) is 11.0. The molecule has 3 aromatic carbocycles. The summed E-state index contributed by atoms with van der Waals surface area (Å²) < 4.78 is 112. The zero-order valence-corrected chi connectivity index (χ0v) is 48.2. The molecule has 3 rings (SSSR count). The van der Waals surface area contributed by atoms with E-state index >= 15 is 9.59 Å². The van der Waals surface area contributed by atoms with Gasteiger partial charge in [-0.25, -0.2) is 0 Å². The normalized spacial score (nSPS) is 13.5. The van der Waals surface area contributed by atoms with Gasteiger partial charge in [-0.3, -0.25) is 0 Å². The van der Waals surface area contributed by atoms with Gasteiger partial charge in [0.25, 0.3) is 0 Å². The number of rotatable bonds is 42. The van der Waals surface area contributed by atoms with Crippen LogP contribution in [0.5, 0.6) is 5.75 Å². The summed E-state index contributed by atoms with van der Waals surface area (Å²) in [5.74, 6) is -0.908. The van der Waals surface area contributed by atoms with Gasteiger partial charge in [0.05, 0.1) is 0 Å². The van der Waals surface area contributed by atoms with E-state index in [9.17, 15) is 26.3 Å². The van der Waals surface area contributed by atoms with Crippen molar-refractivity contribution in [3.63, 3.8) is 0 Å². The Morgan fingerprint density at radius 1 is 0.405 bits per heavy atom. The molecule has 0 heterocycles. The van der Waals surface area contributed by atoms with E-state index in [1.165, 1.54) is 0 Å². The summed E-state index contributed by atoms with van der Waals surface area (Å²) in [7, 11) is -1.82. The first kappa shape index (κ1) is 65.5. The van der Waals surface area contributed by atoms with Gasteiger partial charge in [-0.05, 0) is 0 Å². The number of benzene rings is 3.